The van der Waals surface area contributed by atoms with E-state index in [1.54, 1.807) is 12.1 Å². The van der Waals surface area contributed by atoms with Crippen molar-refractivity contribution in [1.82, 2.24) is 15.5 Å². The standard InChI is InChI=1S/C15H20BN3O5/c20-13(9-19-6-4-17-5-7-19)18-12-8-10-2-1-3-11(15(21)22)14(10)24-16(12)23/h1-3,12,17,23H,4-9H2,(H,18,20)(H,21,22). The van der Waals surface area contributed by atoms with Gasteiger partial charge in [-0.15, -0.1) is 0 Å². The van der Waals surface area contributed by atoms with Crippen molar-refractivity contribution in [3.63, 3.8) is 0 Å². The van der Waals surface area contributed by atoms with Gasteiger partial charge >= 0.3 is 13.1 Å². The van der Waals surface area contributed by atoms with Crippen LogP contribution in [0.25, 0.3) is 0 Å². The zero-order chi connectivity index (χ0) is 17.1. The van der Waals surface area contributed by atoms with E-state index in [-0.39, 0.29) is 23.8 Å². The molecule has 0 spiro atoms. The number of para-hydroxylation sites is 1. The van der Waals surface area contributed by atoms with Gasteiger partial charge in [-0.2, -0.15) is 0 Å². The third-order valence-corrected chi connectivity index (χ3v) is 4.27. The van der Waals surface area contributed by atoms with Crippen molar-refractivity contribution in [3.05, 3.63) is 29.3 Å². The maximum atomic E-state index is 12.2. The zero-order valence-corrected chi connectivity index (χ0v) is 13.2. The molecule has 24 heavy (non-hydrogen) atoms. The first-order valence-electron chi connectivity index (χ1n) is 7.97. The SMILES string of the molecule is O=C(CN1CCNCC1)NC1Cc2cccc(C(=O)O)c2OB1O. The Bertz CT molecular complexity index is 636. The van der Waals surface area contributed by atoms with Crippen LogP contribution in [0.2, 0.25) is 0 Å². The van der Waals surface area contributed by atoms with Crippen molar-refractivity contribution in [2.45, 2.75) is 12.4 Å². The Morgan fingerprint density at radius 1 is 1.38 bits per heavy atom. The Morgan fingerprint density at radius 3 is 2.83 bits per heavy atom. The Hall–Kier alpha value is -2.10. The van der Waals surface area contributed by atoms with Gasteiger partial charge in [0.1, 0.15) is 5.75 Å². The third-order valence-electron chi connectivity index (χ3n) is 4.27. The molecule has 8 nitrogen and oxygen atoms in total. The number of hydrogen-bond donors (Lipinski definition) is 4. The van der Waals surface area contributed by atoms with Gasteiger partial charge in [-0.3, -0.25) is 9.69 Å². The summed E-state index contributed by atoms with van der Waals surface area (Å²) in [5, 5.41) is 25.3. The number of carbonyl (C=O) groups excluding carboxylic acids is 1. The van der Waals surface area contributed by atoms with Gasteiger partial charge in [-0.1, -0.05) is 12.1 Å². The molecular weight excluding hydrogens is 313 g/mol. The summed E-state index contributed by atoms with van der Waals surface area (Å²) in [6.45, 7) is 3.60. The summed E-state index contributed by atoms with van der Waals surface area (Å²) in [7, 11) is -1.27. The van der Waals surface area contributed by atoms with Gasteiger partial charge in [-0.25, -0.2) is 4.79 Å². The molecule has 0 saturated carbocycles. The van der Waals surface area contributed by atoms with Crippen LogP contribution < -0.4 is 15.3 Å². The van der Waals surface area contributed by atoms with Crippen molar-refractivity contribution in [2.75, 3.05) is 32.7 Å². The van der Waals surface area contributed by atoms with Crippen LogP contribution in [0, 0.1) is 0 Å². The largest absolute Gasteiger partial charge is 0.547 e. The maximum absolute atomic E-state index is 12.2. The Labute approximate surface area is 139 Å². The van der Waals surface area contributed by atoms with Crippen LogP contribution in [0.3, 0.4) is 0 Å². The van der Waals surface area contributed by atoms with Crippen LogP contribution in [0.5, 0.6) is 5.75 Å². The van der Waals surface area contributed by atoms with Crippen molar-refractivity contribution in [2.24, 2.45) is 0 Å². The molecule has 4 N–H and O–H groups in total. The van der Waals surface area contributed by atoms with Gasteiger partial charge in [0.05, 0.1) is 18.0 Å². The van der Waals surface area contributed by atoms with Gasteiger partial charge in [0, 0.05) is 26.2 Å². The van der Waals surface area contributed by atoms with Gasteiger partial charge in [-0.05, 0) is 18.1 Å². The van der Waals surface area contributed by atoms with Gasteiger partial charge in [0.2, 0.25) is 5.91 Å². The second-order valence-electron chi connectivity index (χ2n) is 6.01. The van der Waals surface area contributed by atoms with E-state index in [1.165, 1.54) is 6.07 Å². The number of hydrogen-bond acceptors (Lipinski definition) is 6. The van der Waals surface area contributed by atoms with E-state index in [4.69, 9.17) is 4.65 Å². The molecule has 1 atom stereocenters. The summed E-state index contributed by atoms with van der Waals surface area (Å²) in [5.41, 5.74) is 0.671. The molecule has 1 unspecified atom stereocenters. The number of nitrogens with zero attached hydrogens (tertiary/aromatic N) is 1. The fourth-order valence-corrected chi connectivity index (χ4v) is 3.04. The monoisotopic (exact) mass is 333 g/mol. The Kier molecular flexibility index (Phi) is 5.03. The predicted molar refractivity (Wildman–Crippen MR) is 86.9 cm³/mol. The lowest BCUT2D eigenvalue weighted by atomic mass is 9.72. The molecule has 0 radical (unpaired) electrons. The van der Waals surface area contributed by atoms with Crippen LogP contribution in [-0.2, 0) is 11.2 Å². The van der Waals surface area contributed by atoms with Gasteiger partial charge in [0.25, 0.3) is 0 Å². The molecule has 128 valence electrons. The van der Waals surface area contributed by atoms with E-state index in [0.29, 0.717) is 12.0 Å². The van der Waals surface area contributed by atoms with E-state index < -0.39 is 19.0 Å². The second kappa shape index (κ2) is 7.21. The number of rotatable bonds is 4. The molecule has 1 aromatic rings. The lowest BCUT2D eigenvalue weighted by Gasteiger charge is -2.30. The van der Waals surface area contributed by atoms with E-state index in [9.17, 15) is 19.7 Å². The van der Waals surface area contributed by atoms with Gasteiger partial charge < -0.3 is 25.4 Å². The van der Waals surface area contributed by atoms with Crippen molar-refractivity contribution >= 4 is 19.0 Å². The smallest absolute Gasteiger partial charge is 0.534 e. The van der Waals surface area contributed by atoms with Crippen LogP contribution >= 0.6 is 0 Å². The number of amides is 1. The number of piperazine rings is 1. The molecule has 1 aromatic carbocycles. The van der Waals surface area contributed by atoms with E-state index in [2.05, 4.69) is 10.6 Å². The van der Waals surface area contributed by atoms with Gasteiger partial charge in [0.15, 0.2) is 0 Å². The Morgan fingerprint density at radius 2 is 2.12 bits per heavy atom. The molecule has 1 amide bonds. The lowest BCUT2D eigenvalue weighted by molar-refractivity contribution is -0.122. The van der Waals surface area contributed by atoms with Crippen molar-refractivity contribution in [1.29, 1.82) is 0 Å². The molecule has 3 rings (SSSR count). The van der Waals surface area contributed by atoms with Crippen LogP contribution in [0.1, 0.15) is 15.9 Å². The van der Waals surface area contributed by atoms with E-state index in [0.717, 1.165) is 26.2 Å². The fraction of sp³-hybridized carbons (Fsp3) is 0.467. The van der Waals surface area contributed by atoms with E-state index >= 15 is 0 Å². The highest BCUT2D eigenvalue weighted by Gasteiger charge is 2.37. The number of carbonyl (C=O) groups is 2. The average molecular weight is 333 g/mol. The minimum Gasteiger partial charge on any atom is -0.534 e. The molecule has 1 saturated heterocycles. The molecule has 0 aliphatic carbocycles. The molecule has 0 aromatic heterocycles. The molecule has 2 aliphatic heterocycles. The first-order chi connectivity index (χ1) is 11.5. The highest BCUT2D eigenvalue weighted by molar-refractivity contribution is 6.47. The quantitative estimate of drug-likeness (QED) is 0.509. The van der Waals surface area contributed by atoms with Crippen molar-refractivity contribution in [3.8, 4) is 5.75 Å². The topological polar surface area (TPSA) is 111 Å². The second-order valence-corrected chi connectivity index (χ2v) is 6.01. The maximum Gasteiger partial charge on any atom is 0.547 e. The van der Waals surface area contributed by atoms with E-state index in [1.807, 2.05) is 4.90 Å². The highest BCUT2D eigenvalue weighted by atomic mass is 16.5. The highest BCUT2D eigenvalue weighted by Crippen LogP contribution is 2.30. The zero-order valence-electron chi connectivity index (χ0n) is 13.2. The summed E-state index contributed by atoms with van der Waals surface area (Å²) in [5.74, 6) is -1.72. The fourth-order valence-electron chi connectivity index (χ4n) is 3.04. The number of nitrogens with one attached hydrogen (secondary N) is 2. The predicted octanol–water partition coefficient (Wildman–Crippen LogP) is -1.27. The molecule has 9 heteroatoms. The minimum atomic E-state index is -1.27. The van der Waals surface area contributed by atoms with Crippen LogP contribution in [0.15, 0.2) is 18.2 Å². The summed E-state index contributed by atoms with van der Waals surface area (Å²) >= 11 is 0. The minimum absolute atomic E-state index is 0.0112. The number of benzene rings is 1. The summed E-state index contributed by atoms with van der Waals surface area (Å²) in [6, 6.07) is 4.79. The van der Waals surface area contributed by atoms with Crippen molar-refractivity contribution < 1.29 is 24.4 Å². The first-order valence-corrected chi connectivity index (χ1v) is 7.97. The third kappa shape index (κ3) is 3.69. The molecular formula is C15H20BN3O5. The lowest BCUT2D eigenvalue weighted by Crippen LogP contribution is -2.56. The molecule has 1 fully saturated rings. The number of carboxylic acids is 1. The average Bonchev–Trinajstić information content (AvgIpc) is 2.55. The van der Waals surface area contributed by atoms with Crippen LogP contribution in [-0.4, -0.2) is 72.7 Å². The molecule has 2 aliphatic rings. The Balaban J connectivity index is 1.64. The summed E-state index contributed by atoms with van der Waals surface area (Å²) < 4.78 is 5.36. The normalized spacial score (nSPS) is 20.9. The first kappa shape index (κ1) is 16.8. The molecule has 0 bridgehead atoms. The summed E-state index contributed by atoms with van der Waals surface area (Å²) in [4.78, 5) is 25.4. The number of carboxylic acid groups (broad SMARTS) is 1. The number of fused-ring (bicyclic) bond motifs is 1. The number of aromatic carboxylic acids is 1. The summed E-state index contributed by atoms with van der Waals surface area (Å²) in [6.07, 6.45) is 0.324. The molecule has 2 heterocycles. The van der Waals surface area contributed by atoms with Crippen LogP contribution in [0.4, 0.5) is 0 Å².